The Morgan fingerprint density at radius 3 is 2.52 bits per heavy atom. The number of nitrogens with one attached hydrogen (secondary N) is 1. The molecule has 0 fully saturated rings. The number of esters is 1. The Bertz CT molecular complexity index is 613. The van der Waals surface area contributed by atoms with E-state index in [2.05, 4.69) is 12.2 Å². The van der Waals surface area contributed by atoms with Gasteiger partial charge in [0.05, 0.1) is 24.8 Å². The fourth-order valence-electron chi connectivity index (χ4n) is 2.28. The summed E-state index contributed by atoms with van der Waals surface area (Å²) in [6.45, 7) is 2.51. The molecule has 4 nitrogen and oxygen atoms in total. The van der Waals surface area contributed by atoms with Gasteiger partial charge in [0.1, 0.15) is 5.75 Å². The van der Waals surface area contributed by atoms with Gasteiger partial charge in [-0.25, -0.2) is 0 Å². The maximum Gasteiger partial charge on any atom is 0.308 e. The second-order valence-electron chi connectivity index (χ2n) is 5.40. The van der Waals surface area contributed by atoms with Crippen LogP contribution in [0.1, 0.15) is 37.8 Å². The van der Waals surface area contributed by atoms with E-state index in [4.69, 9.17) is 4.74 Å². The number of carbonyl (C=O) groups is 1. The highest BCUT2D eigenvalue weighted by atomic mass is 16.5. The monoisotopic (exact) mass is 313 g/mol. The summed E-state index contributed by atoms with van der Waals surface area (Å²) >= 11 is 0. The zero-order valence-electron chi connectivity index (χ0n) is 13.4. The van der Waals surface area contributed by atoms with Crippen LogP contribution in [0.25, 0.3) is 0 Å². The van der Waals surface area contributed by atoms with Crippen molar-refractivity contribution in [3.63, 3.8) is 0 Å². The first-order valence-electron chi connectivity index (χ1n) is 7.95. The number of phenolic OH excluding ortho intramolecular Hbond substituents is 1. The minimum atomic E-state index is -0.251. The summed E-state index contributed by atoms with van der Waals surface area (Å²) in [7, 11) is 0. The molecule has 122 valence electrons. The van der Waals surface area contributed by atoms with Crippen LogP contribution in [0.5, 0.6) is 5.75 Å². The number of para-hydroxylation sites is 2. The molecule has 2 aromatic rings. The first-order valence-corrected chi connectivity index (χ1v) is 7.95. The Morgan fingerprint density at radius 1 is 1.13 bits per heavy atom. The molecule has 0 aliphatic rings. The first-order chi connectivity index (χ1) is 11.2. The molecule has 0 bridgehead atoms. The normalized spacial score (nSPS) is 11.7. The van der Waals surface area contributed by atoms with E-state index in [9.17, 15) is 9.90 Å². The number of hydrogen-bond donors (Lipinski definition) is 2. The molecule has 0 radical (unpaired) electrons. The number of carbonyl (C=O) groups excluding carboxylic acids is 1. The van der Waals surface area contributed by atoms with Gasteiger partial charge in [-0.3, -0.25) is 4.79 Å². The van der Waals surface area contributed by atoms with Gasteiger partial charge in [-0.15, -0.1) is 0 Å². The number of unbranched alkanes of at least 4 members (excludes halogenated alkanes) is 1. The minimum Gasteiger partial charge on any atom is -0.506 e. The summed E-state index contributed by atoms with van der Waals surface area (Å²) in [6, 6.07) is 16.4. The predicted molar refractivity (Wildman–Crippen MR) is 91.4 cm³/mol. The van der Waals surface area contributed by atoms with E-state index in [0.717, 1.165) is 18.4 Å². The van der Waals surface area contributed by atoms with Crippen LogP contribution in [0, 0.1) is 0 Å². The molecule has 2 N–H and O–H groups in total. The Hall–Kier alpha value is -2.49. The predicted octanol–water partition coefficient (Wildman–Crippen LogP) is 4.28. The van der Waals surface area contributed by atoms with Gasteiger partial charge in [-0.1, -0.05) is 55.8 Å². The summed E-state index contributed by atoms with van der Waals surface area (Å²) in [6.07, 6.45) is 2.07. The fourth-order valence-corrected chi connectivity index (χ4v) is 2.28. The van der Waals surface area contributed by atoms with E-state index in [0.29, 0.717) is 12.3 Å². The zero-order chi connectivity index (χ0) is 16.5. The van der Waals surface area contributed by atoms with Crippen molar-refractivity contribution in [3.8, 4) is 5.75 Å². The van der Waals surface area contributed by atoms with E-state index >= 15 is 0 Å². The Kier molecular flexibility index (Phi) is 6.48. The Balaban J connectivity index is 2.10. The number of benzene rings is 2. The van der Waals surface area contributed by atoms with Gasteiger partial charge >= 0.3 is 5.97 Å². The molecule has 0 aliphatic heterocycles. The third-order valence-electron chi connectivity index (χ3n) is 3.57. The van der Waals surface area contributed by atoms with Crippen LogP contribution in [0.2, 0.25) is 0 Å². The van der Waals surface area contributed by atoms with E-state index in [1.54, 1.807) is 18.2 Å². The maximum atomic E-state index is 12.1. The fraction of sp³-hybridized carbons (Fsp3) is 0.316. The van der Waals surface area contributed by atoms with Crippen molar-refractivity contribution < 1.29 is 14.6 Å². The Labute approximate surface area is 137 Å². The van der Waals surface area contributed by atoms with Crippen LogP contribution in [0.4, 0.5) is 5.69 Å². The molecule has 0 aliphatic carbocycles. The van der Waals surface area contributed by atoms with Crippen molar-refractivity contribution in [2.75, 3.05) is 11.9 Å². The number of anilines is 1. The van der Waals surface area contributed by atoms with Crippen LogP contribution in [-0.4, -0.2) is 17.7 Å². The molecule has 0 unspecified atom stereocenters. The van der Waals surface area contributed by atoms with Crippen LogP contribution in [0.3, 0.4) is 0 Å². The van der Waals surface area contributed by atoms with Crippen molar-refractivity contribution in [1.29, 1.82) is 0 Å². The topological polar surface area (TPSA) is 58.6 Å². The average molecular weight is 313 g/mol. The van der Waals surface area contributed by atoms with Crippen LogP contribution in [-0.2, 0) is 9.53 Å². The standard InChI is InChI=1S/C19H23NO3/c1-2-3-13-23-19(22)14-17(15-9-5-4-6-10-15)20-16-11-7-8-12-18(16)21/h4-12,17,20-21H,2-3,13-14H2,1H3/t17-/m1/s1. The van der Waals surface area contributed by atoms with Gasteiger partial charge in [0.25, 0.3) is 0 Å². The van der Waals surface area contributed by atoms with Gasteiger partial charge in [-0.05, 0) is 24.1 Å². The third kappa shape index (κ3) is 5.33. The molecule has 0 heterocycles. The van der Waals surface area contributed by atoms with Crippen molar-refractivity contribution in [2.24, 2.45) is 0 Å². The smallest absolute Gasteiger partial charge is 0.308 e. The van der Waals surface area contributed by atoms with E-state index < -0.39 is 0 Å². The van der Waals surface area contributed by atoms with Gasteiger partial charge in [0.15, 0.2) is 0 Å². The lowest BCUT2D eigenvalue weighted by Crippen LogP contribution is -2.17. The number of phenols is 1. The van der Waals surface area contributed by atoms with Crippen LogP contribution >= 0.6 is 0 Å². The average Bonchev–Trinajstić information content (AvgIpc) is 2.57. The number of hydrogen-bond acceptors (Lipinski definition) is 4. The molecule has 4 heteroatoms. The molecular weight excluding hydrogens is 290 g/mol. The quantitative estimate of drug-likeness (QED) is 0.434. The van der Waals surface area contributed by atoms with Crippen LogP contribution in [0.15, 0.2) is 54.6 Å². The molecule has 0 amide bonds. The summed E-state index contributed by atoms with van der Waals surface area (Å²) in [5.41, 5.74) is 1.57. The first kappa shape index (κ1) is 16.9. The van der Waals surface area contributed by atoms with Gasteiger partial charge in [0.2, 0.25) is 0 Å². The SMILES string of the molecule is CCCCOC(=O)C[C@@H](Nc1ccccc1O)c1ccccc1. The number of aromatic hydroxyl groups is 1. The molecular formula is C19H23NO3. The number of ether oxygens (including phenoxy) is 1. The summed E-state index contributed by atoms with van der Waals surface area (Å²) in [5, 5.41) is 13.2. The molecule has 0 spiro atoms. The summed E-state index contributed by atoms with van der Waals surface area (Å²) in [4.78, 5) is 12.1. The van der Waals surface area contributed by atoms with E-state index in [-0.39, 0.29) is 24.2 Å². The summed E-state index contributed by atoms with van der Waals surface area (Å²) in [5.74, 6) is -0.0806. The van der Waals surface area contributed by atoms with Crippen LogP contribution < -0.4 is 5.32 Å². The zero-order valence-corrected chi connectivity index (χ0v) is 13.4. The molecule has 2 aromatic carbocycles. The van der Waals surface area contributed by atoms with Crippen molar-refractivity contribution in [1.82, 2.24) is 0 Å². The lowest BCUT2D eigenvalue weighted by Gasteiger charge is -2.20. The second-order valence-corrected chi connectivity index (χ2v) is 5.40. The number of rotatable bonds is 8. The van der Waals surface area contributed by atoms with Gasteiger partial charge in [0, 0.05) is 0 Å². The van der Waals surface area contributed by atoms with E-state index in [1.165, 1.54) is 0 Å². The largest absolute Gasteiger partial charge is 0.506 e. The molecule has 1 atom stereocenters. The highest BCUT2D eigenvalue weighted by Gasteiger charge is 2.18. The second kappa shape index (κ2) is 8.83. The van der Waals surface area contributed by atoms with Crippen molar-refractivity contribution >= 4 is 11.7 Å². The third-order valence-corrected chi connectivity index (χ3v) is 3.57. The molecule has 0 saturated carbocycles. The van der Waals surface area contributed by atoms with Crippen molar-refractivity contribution in [3.05, 3.63) is 60.2 Å². The van der Waals surface area contributed by atoms with Gasteiger partial charge < -0.3 is 15.2 Å². The van der Waals surface area contributed by atoms with Gasteiger partial charge in [-0.2, -0.15) is 0 Å². The summed E-state index contributed by atoms with van der Waals surface area (Å²) < 4.78 is 5.26. The molecule has 23 heavy (non-hydrogen) atoms. The molecule has 0 saturated heterocycles. The highest BCUT2D eigenvalue weighted by Crippen LogP contribution is 2.28. The maximum absolute atomic E-state index is 12.1. The minimum absolute atomic E-state index is 0.160. The van der Waals surface area contributed by atoms with E-state index in [1.807, 2.05) is 36.4 Å². The van der Waals surface area contributed by atoms with Crippen molar-refractivity contribution in [2.45, 2.75) is 32.2 Å². The highest BCUT2D eigenvalue weighted by molar-refractivity contribution is 5.71. The molecule has 2 rings (SSSR count). The lowest BCUT2D eigenvalue weighted by molar-refractivity contribution is -0.144. The Morgan fingerprint density at radius 2 is 1.83 bits per heavy atom. The molecule has 0 aromatic heterocycles. The lowest BCUT2D eigenvalue weighted by atomic mass is 10.0.